The number of benzene rings is 3. The molecule has 0 radical (unpaired) electrons. The number of hydrogen-bond acceptors (Lipinski definition) is 2. The van der Waals surface area contributed by atoms with Gasteiger partial charge in [-0.3, -0.25) is 0 Å². The smallest absolute Gasteiger partial charge is 0.136 e. The van der Waals surface area contributed by atoms with Crippen LogP contribution in [0.1, 0.15) is 51.0 Å². The topological polar surface area (TPSA) is 26.3 Å². The molecule has 0 amide bonds. The molecule has 31 heavy (non-hydrogen) atoms. The minimum Gasteiger partial charge on any atom is -0.456 e. The number of hydrogen-bond donors (Lipinski definition) is 0. The molecular formula is C29H26O2. The van der Waals surface area contributed by atoms with Crippen LogP contribution in [0.3, 0.4) is 0 Å². The van der Waals surface area contributed by atoms with Gasteiger partial charge in [-0.1, -0.05) is 49.8 Å². The van der Waals surface area contributed by atoms with Gasteiger partial charge in [0.1, 0.15) is 22.3 Å². The van der Waals surface area contributed by atoms with Crippen LogP contribution < -0.4 is 0 Å². The van der Waals surface area contributed by atoms with Crippen LogP contribution >= 0.6 is 0 Å². The Morgan fingerprint density at radius 3 is 2.19 bits per heavy atom. The summed E-state index contributed by atoms with van der Waals surface area (Å²) in [6, 6.07) is 18.7. The van der Waals surface area contributed by atoms with Crippen LogP contribution in [-0.2, 0) is 0 Å². The zero-order valence-corrected chi connectivity index (χ0v) is 17.9. The van der Waals surface area contributed by atoms with Gasteiger partial charge in [-0.15, -0.1) is 0 Å². The summed E-state index contributed by atoms with van der Waals surface area (Å²) >= 11 is 0. The van der Waals surface area contributed by atoms with Gasteiger partial charge in [-0.05, 0) is 68.0 Å². The van der Waals surface area contributed by atoms with E-state index in [1.807, 2.05) is 18.2 Å². The molecule has 0 aliphatic heterocycles. The summed E-state index contributed by atoms with van der Waals surface area (Å²) in [4.78, 5) is 0. The van der Waals surface area contributed by atoms with Gasteiger partial charge in [-0.25, -0.2) is 0 Å². The maximum absolute atomic E-state index is 6.24. The second-order valence-corrected chi connectivity index (χ2v) is 9.03. The molecule has 1 saturated carbocycles. The molecule has 0 atom stereocenters. The first-order valence-corrected chi connectivity index (χ1v) is 11.6. The Bertz CT molecular complexity index is 1460. The standard InChI is InChI=1S/C29H26O2/c1-2-5-19-8-10-20(11-9-19)12-13-21-14-15-23-25-18-28-24(17-29(25)31-27(23)16-21)22-6-3-4-7-26(22)30-28/h3-4,6-7,14-20H,2,5,8-11H2,1H3. The van der Waals surface area contributed by atoms with Gasteiger partial charge < -0.3 is 8.83 Å². The quantitative estimate of drug-likeness (QED) is 0.275. The summed E-state index contributed by atoms with van der Waals surface area (Å²) in [7, 11) is 0. The predicted octanol–water partition coefficient (Wildman–Crippen LogP) is 8.44. The van der Waals surface area contributed by atoms with Gasteiger partial charge in [0.05, 0.1) is 0 Å². The monoisotopic (exact) mass is 406 g/mol. The van der Waals surface area contributed by atoms with Crippen molar-refractivity contribution in [3.8, 4) is 11.8 Å². The molecule has 0 spiro atoms. The van der Waals surface area contributed by atoms with Crippen LogP contribution in [0, 0.1) is 23.7 Å². The van der Waals surface area contributed by atoms with Crippen molar-refractivity contribution >= 4 is 43.9 Å². The molecule has 2 heteroatoms. The molecule has 1 aliphatic rings. The van der Waals surface area contributed by atoms with Gasteiger partial charge in [0.15, 0.2) is 0 Å². The molecule has 3 aromatic carbocycles. The first-order valence-electron chi connectivity index (χ1n) is 11.6. The van der Waals surface area contributed by atoms with E-state index in [9.17, 15) is 0 Å². The number of furan rings is 2. The third kappa shape index (κ3) is 3.29. The molecule has 1 aliphatic carbocycles. The summed E-state index contributed by atoms with van der Waals surface area (Å²) < 4.78 is 12.3. The molecule has 0 unspecified atom stereocenters. The second-order valence-electron chi connectivity index (χ2n) is 9.03. The number of fused-ring (bicyclic) bond motifs is 6. The van der Waals surface area contributed by atoms with E-state index in [0.29, 0.717) is 5.92 Å². The van der Waals surface area contributed by atoms with Crippen molar-refractivity contribution in [2.45, 2.75) is 45.4 Å². The van der Waals surface area contributed by atoms with E-state index >= 15 is 0 Å². The molecule has 2 heterocycles. The average molecular weight is 407 g/mol. The highest BCUT2D eigenvalue weighted by atomic mass is 16.3. The van der Waals surface area contributed by atoms with Gasteiger partial charge in [0, 0.05) is 33.0 Å². The maximum atomic E-state index is 6.24. The second kappa shape index (κ2) is 7.50. The van der Waals surface area contributed by atoms with Crippen LogP contribution in [0.2, 0.25) is 0 Å². The Hall–Kier alpha value is -3.18. The first kappa shape index (κ1) is 18.6. The highest BCUT2D eigenvalue weighted by molar-refractivity contribution is 6.14. The molecule has 0 saturated heterocycles. The maximum Gasteiger partial charge on any atom is 0.136 e. The average Bonchev–Trinajstić information content (AvgIpc) is 3.34. The molecule has 1 fully saturated rings. The zero-order chi connectivity index (χ0) is 20.8. The van der Waals surface area contributed by atoms with Crippen LogP contribution in [0.5, 0.6) is 0 Å². The van der Waals surface area contributed by atoms with Crippen LogP contribution in [0.25, 0.3) is 43.9 Å². The SMILES string of the molecule is CCCC1CCC(C#Cc2ccc3c(c2)oc2cc4c(cc23)oc2ccccc24)CC1. The fourth-order valence-corrected chi connectivity index (χ4v) is 5.26. The van der Waals surface area contributed by atoms with Gasteiger partial charge in [0.25, 0.3) is 0 Å². The van der Waals surface area contributed by atoms with E-state index in [0.717, 1.165) is 55.4 Å². The minimum absolute atomic E-state index is 0.541. The third-order valence-corrected chi connectivity index (χ3v) is 6.93. The summed E-state index contributed by atoms with van der Waals surface area (Å²) in [6.45, 7) is 2.29. The predicted molar refractivity (Wildman–Crippen MR) is 128 cm³/mol. The van der Waals surface area contributed by atoms with Gasteiger partial charge in [0.2, 0.25) is 0 Å². The molecule has 0 N–H and O–H groups in total. The Balaban J connectivity index is 1.33. The summed E-state index contributed by atoms with van der Waals surface area (Å²) in [5.74, 6) is 8.42. The molecule has 6 rings (SSSR count). The van der Waals surface area contributed by atoms with Crippen molar-refractivity contribution in [2.24, 2.45) is 11.8 Å². The van der Waals surface area contributed by atoms with Crippen molar-refractivity contribution in [2.75, 3.05) is 0 Å². The van der Waals surface area contributed by atoms with Crippen molar-refractivity contribution in [3.63, 3.8) is 0 Å². The molecule has 2 nitrogen and oxygen atoms in total. The lowest BCUT2D eigenvalue weighted by Crippen LogP contribution is -2.13. The van der Waals surface area contributed by atoms with E-state index in [1.54, 1.807) is 0 Å². The lowest BCUT2D eigenvalue weighted by molar-refractivity contribution is 0.300. The Morgan fingerprint density at radius 1 is 0.742 bits per heavy atom. The van der Waals surface area contributed by atoms with E-state index < -0.39 is 0 Å². The van der Waals surface area contributed by atoms with E-state index in [2.05, 4.69) is 55.2 Å². The largest absolute Gasteiger partial charge is 0.456 e. The summed E-state index contributed by atoms with van der Waals surface area (Å²) in [6.07, 6.45) is 7.86. The van der Waals surface area contributed by atoms with Crippen molar-refractivity contribution < 1.29 is 8.83 Å². The molecular weight excluding hydrogens is 380 g/mol. The highest BCUT2D eigenvalue weighted by Crippen LogP contribution is 2.37. The molecule has 2 aromatic heterocycles. The van der Waals surface area contributed by atoms with Crippen molar-refractivity contribution in [3.05, 3.63) is 60.2 Å². The molecule has 5 aromatic rings. The number of para-hydroxylation sites is 1. The first-order chi connectivity index (χ1) is 15.3. The van der Waals surface area contributed by atoms with Crippen LogP contribution in [0.4, 0.5) is 0 Å². The normalized spacial score (nSPS) is 19.3. The lowest BCUT2D eigenvalue weighted by Gasteiger charge is -2.25. The van der Waals surface area contributed by atoms with E-state index in [4.69, 9.17) is 8.83 Å². The lowest BCUT2D eigenvalue weighted by atomic mass is 9.80. The molecule has 154 valence electrons. The zero-order valence-electron chi connectivity index (χ0n) is 17.9. The Labute approximate surface area is 182 Å². The third-order valence-electron chi connectivity index (χ3n) is 6.93. The number of rotatable bonds is 2. The minimum atomic E-state index is 0.541. The van der Waals surface area contributed by atoms with Crippen LogP contribution in [0.15, 0.2) is 63.4 Å². The summed E-state index contributed by atoms with van der Waals surface area (Å²) in [5.41, 5.74) is 4.64. The van der Waals surface area contributed by atoms with E-state index in [-0.39, 0.29) is 0 Å². The summed E-state index contributed by atoms with van der Waals surface area (Å²) in [5, 5.41) is 4.43. The Kier molecular flexibility index (Phi) is 4.50. The highest BCUT2D eigenvalue weighted by Gasteiger charge is 2.19. The van der Waals surface area contributed by atoms with Crippen molar-refractivity contribution in [1.29, 1.82) is 0 Å². The van der Waals surface area contributed by atoms with Crippen molar-refractivity contribution in [1.82, 2.24) is 0 Å². The van der Waals surface area contributed by atoms with Crippen LogP contribution in [-0.4, -0.2) is 0 Å². The van der Waals surface area contributed by atoms with E-state index in [1.165, 1.54) is 38.5 Å². The van der Waals surface area contributed by atoms with Gasteiger partial charge >= 0.3 is 0 Å². The fraction of sp³-hybridized carbons (Fsp3) is 0.310. The Morgan fingerprint density at radius 2 is 1.42 bits per heavy atom. The van der Waals surface area contributed by atoms with Gasteiger partial charge in [-0.2, -0.15) is 0 Å². The molecule has 0 bridgehead atoms. The fourth-order valence-electron chi connectivity index (χ4n) is 5.26.